The number of rotatable bonds is 4. The summed E-state index contributed by atoms with van der Waals surface area (Å²) in [5, 5.41) is 3.29. The lowest BCUT2D eigenvalue weighted by molar-refractivity contribution is 0.541. The van der Waals surface area contributed by atoms with Crippen molar-refractivity contribution in [1.29, 1.82) is 0 Å². The Balaban J connectivity index is 3.26. The summed E-state index contributed by atoms with van der Waals surface area (Å²) in [6, 6.07) is 0. The third kappa shape index (κ3) is 3.66. The number of halogens is 1. The van der Waals surface area contributed by atoms with E-state index in [1.807, 2.05) is 0 Å². The van der Waals surface area contributed by atoms with E-state index in [0.29, 0.717) is 0 Å². The molecule has 1 aromatic heterocycles. The van der Waals surface area contributed by atoms with Crippen molar-refractivity contribution < 1.29 is 0 Å². The van der Waals surface area contributed by atoms with Gasteiger partial charge < -0.3 is 5.32 Å². The SMILES string of the molecule is CCCc1nc(C(C)(C)C)nc(NCC)c1Br. The van der Waals surface area contributed by atoms with Gasteiger partial charge in [-0.15, -0.1) is 0 Å². The molecule has 1 N–H and O–H groups in total. The van der Waals surface area contributed by atoms with Crippen LogP contribution < -0.4 is 5.32 Å². The van der Waals surface area contributed by atoms with E-state index >= 15 is 0 Å². The van der Waals surface area contributed by atoms with Gasteiger partial charge in [0.15, 0.2) is 0 Å². The molecule has 96 valence electrons. The van der Waals surface area contributed by atoms with Crippen molar-refractivity contribution in [3.05, 3.63) is 16.0 Å². The van der Waals surface area contributed by atoms with Gasteiger partial charge in [0.05, 0.1) is 10.2 Å². The molecule has 0 unspecified atom stereocenters. The fraction of sp³-hybridized carbons (Fsp3) is 0.692. The number of nitrogens with zero attached hydrogens (tertiary/aromatic N) is 2. The van der Waals surface area contributed by atoms with E-state index in [0.717, 1.165) is 41.2 Å². The maximum atomic E-state index is 4.68. The highest BCUT2D eigenvalue weighted by atomic mass is 79.9. The predicted molar refractivity (Wildman–Crippen MR) is 76.6 cm³/mol. The first kappa shape index (κ1) is 14.4. The Bertz CT molecular complexity index is 356. The van der Waals surface area contributed by atoms with Crippen molar-refractivity contribution in [3.63, 3.8) is 0 Å². The second-order valence-electron chi connectivity index (χ2n) is 5.19. The fourth-order valence-corrected chi connectivity index (χ4v) is 2.03. The molecular weight excluding hydrogens is 278 g/mol. The molecule has 0 radical (unpaired) electrons. The molecule has 0 spiro atoms. The van der Waals surface area contributed by atoms with Gasteiger partial charge in [-0.05, 0) is 29.3 Å². The summed E-state index contributed by atoms with van der Waals surface area (Å²) in [6.07, 6.45) is 2.06. The lowest BCUT2D eigenvalue weighted by Crippen LogP contribution is -2.19. The van der Waals surface area contributed by atoms with Crippen LogP contribution in [0, 0.1) is 0 Å². The maximum Gasteiger partial charge on any atom is 0.144 e. The number of nitrogens with one attached hydrogen (secondary N) is 1. The van der Waals surface area contributed by atoms with Gasteiger partial charge in [-0.2, -0.15) is 0 Å². The molecule has 4 heteroatoms. The molecule has 0 fully saturated rings. The molecule has 0 aliphatic heterocycles. The van der Waals surface area contributed by atoms with E-state index in [4.69, 9.17) is 0 Å². The highest BCUT2D eigenvalue weighted by Crippen LogP contribution is 2.28. The molecule has 0 amide bonds. The molecule has 1 heterocycles. The first-order valence-electron chi connectivity index (χ1n) is 6.20. The number of aryl methyl sites for hydroxylation is 1. The van der Waals surface area contributed by atoms with Crippen molar-refractivity contribution in [2.24, 2.45) is 0 Å². The van der Waals surface area contributed by atoms with Gasteiger partial charge in [0, 0.05) is 12.0 Å². The summed E-state index contributed by atoms with van der Waals surface area (Å²) in [7, 11) is 0. The Labute approximate surface area is 113 Å². The number of aromatic nitrogens is 2. The number of hydrogen-bond acceptors (Lipinski definition) is 3. The largest absolute Gasteiger partial charge is 0.369 e. The Morgan fingerprint density at radius 1 is 1.18 bits per heavy atom. The zero-order chi connectivity index (χ0) is 13.1. The highest BCUT2D eigenvalue weighted by Gasteiger charge is 2.21. The molecule has 17 heavy (non-hydrogen) atoms. The van der Waals surface area contributed by atoms with E-state index in [1.165, 1.54) is 0 Å². The van der Waals surface area contributed by atoms with E-state index in [2.05, 4.69) is 65.8 Å². The molecule has 0 saturated heterocycles. The Morgan fingerprint density at radius 2 is 1.82 bits per heavy atom. The zero-order valence-electron chi connectivity index (χ0n) is 11.4. The van der Waals surface area contributed by atoms with Gasteiger partial charge in [0.25, 0.3) is 0 Å². The van der Waals surface area contributed by atoms with Crippen molar-refractivity contribution in [1.82, 2.24) is 9.97 Å². The lowest BCUT2D eigenvalue weighted by Gasteiger charge is -2.20. The van der Waals surface area contributed by atoms with Crippen LogP contribution in [0.4, 0.5) is 5.82 Å². The van der Waals surface area contributed by atoms with Crippen LogP contribution in [-0.4, -0.2) is 16.5 Å². The molecule has 0 bridgehead atoms. The fourth-order valence-electron chi connectivity index (χ4n) is 1.52. The summed E-state index contributed by atoms with van der Waals surface area (Å²) in [6.45, 7) is 11.5. The van der Waals surface area contributed by atoms with Crippen LogP contribution in [0.25, 0.3) is 0 Å². The average molecular weight is 300 g/mol. The third-order valence-corrected chi connectivity index (χ3v) is 3.25. The quantitative estimate of drug-likeness (QED) is 0.915. The first-order chi connectivity index (χ1) is 7.90. The van der Waals surface area contributed by atoms with Crippen molar-refractivity contribution in [3.8, 4) is 0 Å². The average Bonchev–Trinajstić information content (AvgIpc) is 2.22. The van der Waals surface area contributed by atoms with Crippen LogP contribution in [0.2, 0.25) is 0 Å². The van der Waals surface area contributed by atoms with Gasteiger partial charge in [-0.25, -0.2) is 9.97 Å². The molecule has 1 aromatic rings. The Kier molecular flexibility index (Phi) is 4.92. The molecule has 0 aliphatic rings. The summed E-state index contributed by atoms with van der Waals surface area (Å²) >= 11 is 3.60. The Morgan fingerprint density at radius 3 is 2.29 bits per heavy atom. The third-order valence-electron chi connectivity index (χ3n) is 2.42. The van der Waals surface area contributed by atoms with Gasteiger partial charge >= 0.3 is 0 Å². The van der Waals surface area contributed by atoms with Gasteiger partial charge in [-0.3, -0.25) is 0 Å². The standard InChI is InChI=1S/C13H22BrN3/c1-6-8-9-10(14)11(15-7-2)17-12(16-9)13(3,4)5/h6-8H2,1-5H3,(H,15,16,17). The molecule has 0 aliphatic carbocycles. The Hall–Kier alpha value is -0.640. The molecule has 3 nitrogen and oxygen atoms in total. The van der Waals surface area contributed by atoms with Gasteiger partial charge in [0.1, 0.15) is 11.6 Å². The first-order valence-corrected chi connectivity index (χ1v) is 7.00. The van der Waals surface area contributed by atoms with Gasteiger partial charge in [-0.1, -0.05) is 34.1 Å². The minimum absolute atomic E-state index is 0.0205. The predicted octanol–water partition coefficient (Wildman–Crippen LogP) is 3.92. The highest BCUT2D eigenvalue weighted by molar-refractivity contribution is 9.10. The van der Waals surface area contributed by atoms with Crippen LogP contribution >= 0.6 is 15.9 Å². The number of anilines is 1. The van der Waals surface area contributed by atoms with E-state index in [1.54, 1.807) is 0 Å². The minimum Gasteiger partial charge on any atom is -0.369 e. The molecule has 0 saturated carbocycles. The van der Waals surface area contributed by atoms with Crippen LogP contribution in [0.3, 0.4) is 0 Å². The summed E-state index contributed by atoms with van der Waals surface area (Å²) in [5.74, 6) is 1.82. The molecule has 0 atom stereocenters. The van der Waals surface area contributed by atoms with Crippen molar-refractivity contribution >= 4 is 21.7 Å². The summed E-state index contributed by atoms with van der Waals surface area (Å²) in [4.78, 5) is 9.29. The summed E-state index contributed by atoms with van der Waals surface area (Å²) in [5.41, 5.74) is 1.08. The smallest absolute Gasteiger partial charge is 0.144 e. The topological polar surface area (TPSA) is 37.8 Å². The maximum absolute atomic E-state index is 4.68. The minimum atomic E-state index is -0.0205. The molecule has 1 rings (SSSR count). The molecular formula is C13H22BrN3. The normalized spacial score (nSPS) is 11.6. The van der Waals surface area contributed by atoms with Crippen LogP contribution in [0.5, 0.6) is 0 Å². The van der Waals surface area contributed by atoms with Crippen LogP contribution in [-0.2, 0) is 11.8 Å². The van der Waals surface area contributed by atoms with E-state index in [9.17, 15) is 0 Å². The molecule has 0 aromatic carbocycles. The zero-order valence-corrected chi connectivity index (χ0v) is 13.0. The van der Waals surface area contributed by atoms with Crippen LogP contribution in [0.15, 0.2) is 4.47 Å². The number of hydrogen-bond donors (Lipinski definition) is 1. The van der Waals surface area contributed by atoms with E-state index in [-0.39, 0.29) is 5.41 Å². The van der Waals surface area contributed by atoms with Crippen molar-refractivity contribution in [2.45, 2.75) is 52.9 Å². The van der Waals surface area contributed by atoms with Crippen molar-refractivity contribution in [2.75, 3.05) is 11.9 Å². The monoisotopic (exact) mass is 299 g/mol. The van der Waals surface area contributed by atoms with Crippen LogP contribution in [0.1, 0.15) is 52.6 Å². The second-order valence-corrected chi connectivity index (χ2v) is 5.98. The second kappa shape index (κ2) is 5.80. The lowest BCUT2D eigenvalue weighted by atomic mass is 9.95. The summed E-state index contributed by atoms with van der Waals surface area (Å²) < 4.78 is 1.01. The van der Waals surface area contributed by atoms with E-state index < -0.39 is 0 Å². The van der Waals surface area contributed by atoms with Gasteiger partial charge in [0.2, 0.25) is 0 Å².